The number of benzene rings is 1. The Balaban J connectivity index is 1.58. The number of sulfone groups is 1. The third-order valence-corrected chi connectivity index (χ3v) is 6.00. The zero-order valence-electron chi connectivity index (χ0n) is 14.4. The first-order valence-electron chi connectivity index (χ1n) is 8.20. The number of halogens is 3. The molecule has 1 aliphatic heterocycles. The fourth-order valence-electron chi connectivity index (χ4n) is 2.71. The Kier molecular flexibility index (Phi) is 5.75. The lowest BCUT2D eigenvalue weighted by molar-refractivity contribution is -0.137. The van der Waals surface area contributed by atoms with Crippen LogP contribution in [0.3, 0.4) is 0 Å². The molecule has 1 saturated heterocycles. The van der Waals surface area contributed by atoms with E-state index in [0.29, 0.717) is 17.7 Å². The van der Waals surface area contributed by atoms with Gasteiger partial charge in [-0.05, 0) is 42.9 Å². The SMILES string of the molecule is O=S1(=O)CC[C@@H](NC(=S)N/N=C\c2ccc(-c3cccc(C(F)(F)F)c3)o2)C1. The van der Waals surface area contributed by atoms with Gasteiger partial charge in [0.15, 0.2) is 14.9 Å². The van der Waals surface area contributed by atoms with Gasteiger partial charge < -0.3 is 9.73 Å². The molecule has 0 spiro atoms. The minimum Gasteiger partial charge on any atom is -0.455 e. The van der Waals surface area contributed by atoms with Crippen molar-refractivity contribution in [3.05, 3.63) is 47.7 Å². The van der Waals surface area contributed by atoms with Crippen LogP contribution >= 0.6 is 12.2 Å². The predicted octanol–water partition coefficient (Wildman–Crippen LogP) is 2.95. The molecule has 2 aromatic rings. The average molecular weight is 431 g/mol. The van der Waals surface area contributed by atoms with Crippen LogP contribution in [0.15, 0.2) is 45.9 Å². The molecule has 1 atom stereocenters. The molecule has 1 aliphatic rings. The highest BCUT2D eigenvalue weighted by Gasteiger charge is 2.30. The van der Waals surface area contributed by atoms with Crippen molar-refractivity contribution in [2.24, 2.45) is 5.10 Å². The maximum atomic E-state index is 12.8. The van der Waals surface area contributed by atoms with E-state index in [0.717, 1.165) is 12.1 Å². The number of hydrogen-bond acceptors (Lipinski definition) is 5. The Morgan fingerprint density at radius 3 is 2.75 bits per heavy atom. The van der Waals surface area contributed by atoms with E-state index in [1.807, 2.05) is 0 Å². The van der Waals surface area contributed by atoms with Crippen molar-refractivity contribution in [1.82, 2.24) is 10.7 Å². The van der Waals surface area contributed by atoms with Crippen LogP contribution in [0.5, 0.6) is 0 Å². The van der Waals surface area contributed by atoms with Crippen LogP contribution < -0.4 is 10.7 Å². The summed E-state index contributed by atoms with van der Waals surface area (Å²) in [6.07, 6.45) is -2.64. The van der Waals surface area contributed by atoms with Crippen LogP contribution in [0, 0.1) is 0 Å². The largest absolute Gasteiger partial charge is 0.455 e. The Bertz CT molecular complexity index is 1000. The molecule has 2 N–H and O–H groups in total. The summed E-state index contributed by atoms with van der Waals surface area (Å²) in [4.78, 5) is 0. The highest BCUT2D eigenvalue weighted by Crippen LogP contribution is 2.32. The van der Waals surface area contributed by atoms with E-state index in [-0.39, 0.29) is 28.4 Å². The Morgan fingerprint density at radius 1 is 1.29 bits per heavy atom. The van der Waals surface area contributed by atoms with Crippen LogP contribution in [0.2, 0.25) is 0 Å². The first-order valence-corrected chi connectivity index (χ1v) is 10.4. The van der Waals surface area contributed by atoms with Gasteiger partial charge in [0.1, 0.15) is 11.5 Å². The quantitative estimate of drug-likeness (QED) is 0.440. The molecule has 1 aromatic heterocycles. The van der Waals surface area contributed by atoms with E-state index < -0.39 is 21.6 Å². The number of furan rings is 1. The zero-order chi connectivity index (χ0) is 20.4. The van der Waals surface area contributed by atoms with Crippen LogP contribution in [0.25, 0.3) is 11.3 Å². The second-order valence-corrected chi connectivity index (χ2v) is 8.86. The molecule has 0 aliphatic carbocycles. The molecule has 28 heavy (non-hydrogen) atoms. The molecule has 1 fully saturated rings. The van der Waals surface area contributed by atoms with Gasteiger partial charge in [0.05, 0.1) is 23.3 Å². The molecule has 0 saturated carbocycles. The zero-order valence-corrected chi connectivity index (χ0v) is 16.0. The van der Waals surface area contributed by atoms with Gasteiger partial charge in [0.25, 0.3) is 0 Å². The van der Waals surface area contributed by atoms with E-state index in [2.05, 4.69) is 15.8 Å². The standard InChI is InChI=1S/C17H16F3N3O3S2/c18-17(19,20)12-3-1-2-11(8-12)15-5-4-14(26-15)9-21-23-16(27)22-13-6-7-28(24,25)10-13/h1-5,8-9,13H,6-7,10H2,(H2,22,23,27)/b21-9-/t13-/m1/s1. The molecule has 150 valence electrons. The molecule has 0 unspecified atom stereocenters. The van der Waals surface area contributed by atoms with Gasteiger partial charge in [0.2, 0.25) is 0 Å². The molecular formula is C17H16F3N3O3S2. The van der Waals surface area contributed by atoms with Crippen LogP contribution in [-0.2, 0) is 16.0 Å². The number of alkyl halides is 3. The van der Waals surface area contributed by atoms with Gasteiger partial charge in [0, 0.05) is 11.6 Å². The lowest BCUT2D eigenvalue weighted by atomic mass is 10.1. The summed E-state index contributed by atoms with van der Waals surface area (Å²) < 4.78 is 66.7. The van der Waals surface area contributed by atoms with Crippen LogP contribution in [0.1, 0.15) is 17.7 Å². The lowest BCUT2D eigenvalue weighted by Crippen LogP contribution is -2.40. The van der Waals surface area contributed by atoms with Crippen molar-refractivity contribution in [2.75, 3.05) is 11.5 Å². The van der Waals surface area contributed by atoms with Crippen LogP contribution in [-0.4, -0.2) is 37.3 Å². The smallest absolute Gasteiger partial charge is 0.416 e. The predicted molar refractivity (Wildman–Crippen MR) is 103 cm³/mol. The van der Waals surface area contributed by atoms with Crippen molar-refractivity contribution in [2.45, 2.75) is 18.6 Å². The lowest BCUT2D eigenvalue weighted by Gasteiger charge is -2.11. The topological polar surface area (TPSA) is 83.7 Å². The maximum Gasteiger partial charge on any atom is 0.416 e. The number of nitrogens with one attached hydrogen (secondary N) is 2. The van der Waals surface area contributed by atoms with Crippen molar-refractivity contribution in [3.63, 3.8) is 0 Å². The number of hydrazone groups is 1. The summed E-state index contributed by atoms with van der Waals surface area (Å²) in [5, 5.41) is 6.91. The highest BCUT2D eigenvalue weighted by molar-refractivity contribution is 7.91. The molecule has 6 nitrogen and oxygen atoms in total. The Labute approximate surface area is 164 Å². The normalized spacial score (nSPS) is 19.0. The number of rotatable bonds is 4. The van der Waals surface area contributed by atoms with Gasteiger partial charge >= 0.3 is 6.18 Å². The molecular weight excluding hydrogens is 415 g/mol. The third kappa shape index (κ3) is 5.32. The Morgan fingerprint density at radius 2 is 2.07 bits per heavy atom. The fourth-order valence-corrected chi connectivity index (χ4v) is 4.60. The summed E-state index contributed by atoms with van der Waals surface area (Å²) in [6.45, 7) is 0. The monoisotopic (exact) mass is 431 g/mol. The van der Waals surface area contributed by atoms with Gasteiger partial charge in [-0.1, -0.05) is 12.1 Å². The van der Waals surface area contributed by atoms with Crippen molar-refractivity contribution >= 4 is 33.4 Å². The van der Waals surface area contributed by atoms with Gasteiger partial charge in [-0.3, -0.25) is 5.43 Å². The maximum absolute atomic E-state index is 12.8. The number of hydrogen-bond donors (Lipinski definition) is 2. The van der Waals surface area contributed by atoms with Gasteiger partial charge in [-0.2, -0.15) is 18.3 Å². The summed E-state index contributed by atoms with van der Waals surface area (Å²) in [5.74, 6) is 0.730. The van der Waals surface area contributed by atoms with E-state index >= 15 is 0 Å². The molecule has 3 rings (SSSR count). The van der Waals surface area contributed by atoms with Crippen molar-refractivity contribution in [3.8, 4) is 11.3 Å². The molecule has 0 bridgehead atoms. The van der Waals surface area contributed by atoms with E-state index in [4.69, 9.17) is 16.6 Å². The minimum atomic E-state index is -4.43. The first-order chi connectivity index (χ1) is 13.1. The number of thiocarbonyl (C=S) groups is 1. The molecule has 2 heterocycles. The molecule has 0 radical (unpaired) electrons. The molecule has 0 amide bonds. The molecule has 1 aromatic carbocycles. The van der Waals surface area contributed by atoms with E-state index in [1.165, 1.54) is 24.4 Å². The van der Waals surface area contributed by atoms with Crippen molar-refractivity contribution < 1.29 is 26.0 Å². The first kappa shape index (κ1) is 20.3. The van der Waals surface area contributed by atoms with Gasteiger partial charge in [-0.25, -0.2) is 8.42 Å². The Hall–Kier alpha value is -2.40. The highest BCUT2D eigenvalue weighted by atomic mass is 32.2. The average Bonchev–Trinajstić information content (AvgIpc) is 3.20. The van der Waals surface area contributed by atoms with Gasteiger partial charge in [-0.15, -0.1) is 0 Å². The third-order valence-electron chi connectivity index (χ3n) is 4.03. The molecule has 11 heteroatoms. The van der Waals surface area contributed by atoms with Crippen molar-refractivity contribution in [1.29, 1.82) is 0 Å². The van der Waals surface area contributed by atoms with Crippen LogP contribution in [0.4, 0.5) is 13.2 Å². The minimum absolute atomic E-state index is 0.0249. The summed E-state index contributed by atoms with van der Waals surface area (Å²) in [5.41, 5.74) is 2.08. The van der Waals surface area contributed by atoms with E-state index in [9.17, 15) is 21.6 Å². The van der Waals surface area contributed by atoms with E-state index in [1.54, 1.807) is 6.07 Å². The fraction of sp³-hybridized carbons (Fsp3) is 0.294. The summed E-state index contributed by atoms with van der Waals surface area (Å²) >= 11 is 5.04. The summed E-state index contributed by atoms with van der Waals surface area (Å²) in [6, 6.07) is 7.66. The summed E-state index contributed by atoms with van der Waals surface area (Å²) in [7, 11) is -3.01. The number of nitrogens with zero attached hydrogens (tertiary/aromatic N) is 1. The second-order valence-electron chi connectivity index (χ2n) is 6.22. The second kappa shape index (κ2) is 7.92.